The van der Waals surface area contributed by atoms with Gasteiger partial charge in [0.15, 0.2) is 0 Å². The van der Waals surface area contributed by atoms with Gasteiger partial charge < -0.3 is 14.2 Å². The summed E-state index contributed by atoms with van der Waals surface area (Å²) in [5, 5.41) is 0. The van der Waals surface area contributed by atoms with Crippen LogP contribution in [0.2, 0.25) is 0 Å². The van der Waals surface area contributed by atoms with Crippen molar-refractivity contribution >= 4 is 5.97 Å². The zero-order chi connectivity index (χ0) is 13.1. The molecule has 0 saturated carbocycles. The molecule has 0 aliphatic rings. The van der Waals surface area contributed by atoms with Gasteiger partial charge in [0.1, 0.15) is 11.5 Å². The van der Waals surface area contributed by atoms with E-state index in [-0.39, 0.29) is 5.97 Å². The molecule has 94 valence electrons. The van der Waals surface area contributed by atoms with Gasteiger partial charge in [-0.15, -0.1) is 0 Å². The fourth-order valence-electron chi connectivity index (χ4n) is 1.68. The van der Waals surface area contributed by atoms with Gasteiger partial charge in [-0.25, -0.2) is 0 Å². The molecule has 4 heteroatoms. The third kappa shape index (κ3) is 2.52. The van der Waals surface area contributed by atoms with Gasteiger partial charge in [0, 0.05) is 11.6 Å². The molecular weight excluding hydrogens is 220 g/mol. The third-order valence-electron chi connectivity index (χ3n) is 2.78. The zero-order valence-electron chi connectivity index (χ0n) is 10.9. The summed E-state index contributed by atoms with van der Waals surface area (Å²) in [6.45, 7) is 3.59. The molecule has 0 aromatic heterocycles. The molecule has 1 aromatic carbocycles. The summed E-state index contributed by atoms with van der Waals surface area (Å²) in [4.78, 5) is 11.7. The average molecular weight is 238 g/mol. The number of hydrogen-bond acceptors (Lipinski definition) is 4. The summed E-state index contributed by atoms with van der Waals surface area (Å²) in [6, 6.07) is 5.36. The molecule has 0 bridgehead atoms. The van der Waals surface area contributed by atoms with Gasteiger partial charge in [0.2, 0.25) is 0 Å². The zero-order valence-corrected chi connectivity index (χ0v) is 10.9. The Morgan fingerprint density at radius 2 is 1.76 bits per heavy atom. The van der Waals surface area contributed by atoms with E-state index in [1.54, 1.807) is 40.2 Å². The van der Waals surface area contributed by atoms with Crippen LogP contribution in [0.1, 0.15) is 19.4 Å². The van der Waals surface area contributed by atoms with Crippen LogP contribution in [-0.2, 0) is 14.9 Å². The van der Waals surface area contributed by atoms with Crippen LogP contribution >= 0.6 is 0 Å². The number of esters is 1. The van der Waals surface area contributed by atoms with E-state index in [0.29, 0.717) is 11.5 Å². The van der Waals surface area contributed by atoms with E-state index in [2.05, 4.69) is 0 Å². The molecular formula is C13H18O4. The molecule has 0 N–H and O–H groups in total. The van der Waals surface area contributed by atoms with E-state index in [4.69, 9.17) is 14.2 Å². The number of carbonyl (C=O) groups is 1. The summed E-state index contributed by atoms with van der Waals surface area (Å²) in [5.41, 5.74) is 0.0134. The van der Waals surface area contributed by atoms with Crippen LogP contribution in [-0.4, -0.2) is 27.3 Å². The summed E-state index contributed by atoms with van der Waals surface area (Å²) >= 11 is 0. The molecule has 0 unspecified atom stereocenters. The van der Waals surface area contributed by atoms with Crippen molar-refractivity contribution < 1.29 is 19.0 Å². The molecule has 0 saturated heterocycles. The van der Waals surface area contributed by atoms with Crippen LogP contribution in [0.15, 0.2) is 18.2 Å². The van der Waals surface area contributed by atoms with Crippen molar-refractivity contribution in [2.45, 2.75) is 19.3 Å². The lowest BCUT2D eigenvalue weighted by atomic mass is 9.84. The maximum Gasteiger partial charge on any atom is 0.315 e. The highest BCUT2D eigenvalue weighted by Gasteiger charge is 2.33. The molecule has 0 aliphatic carbocycles. The van der Waals surface area contributed by atoms with E-state index >= 15 is 0 Å². The summed E-state index contributed by atoms with van der Waals surface area (Å²) < 4.78 is 15.2. The third-order valence-corrected chi connectivity index (χ3v) is 2.78. The van der Waals surface area contributed by atoms with Crippen molar-refractivity contribution in [2.24, 2.45) is 0 Å². The Morgan fingerprint density at radius 1 is 1.12 bits per heavy atom. The first-order chi connectivity index (χ1) is 7.97. The minimum Gasteiger partial charge on any atom is -0.497 e. The minimum atomic E-state index is -0.758. The van der Waals surface area contributed by atoms with Crippen molar-refractivity contribution in [3.8, 4) is 11.5 Å². The summed E-state index contributed by atoms with van der Waals surface area (Å²) in [5.74, 6) is 0.993. The SMILES string of the molecule is COC(=O)C(C)(C)c1ccc(OC)cc1OC. The molecule has 0 spiro atoms. The Kier molecular flexibility index (Phi) is 3.99. The summed E-state index contributed by atoms with van der Waals surface area (Å²) in [6.07, 6.45) is 0. The molecule has 17 heavy (non-hydrogen) atoms. The van der Waals surface area contributed by atoms with Gasteiger partial charge in [-0.1, -0.05) is 6.07 Å². The fraction of sp³-hybridized carbons (Fsp3) is 0.462. The van der Waals surface area contributed by atoms with E-state index in [9.17, 15) is 4.79 Å². The Labute approximate surface area is 101 Å². The van der Waals surface area contributed by atoms with Gasteiger partial charge in [0.05, 0.1) is 26.7 Å². The maximum absolute atomic E-state index is 11.7. The fourth-order valence-corrected chi connectivity index (χ4v) is 1.68. The minimum absolute atomic E-state index is 0.305. The number of ether oxygens (including phenoxy) is 3. The highest BCUT2D eigenvalue weighted by Crippen LogP contribution is 2.35. The first kappa shape index (κ1) is 13.4. The Bertz CT molecular complexity index is 410. The lowest BCUT2D eigenvalue weighted by molar-refractivity contribution is -0.146. The Balaban J connectivity index is 3.26. The largest absolute Gasteiger partial charge is 0.497 e. The van der Waals surface area contributed by atoms with Crippen LogP contribution in [0, 0.1) is 0 Å². The molecule has 1 aromatic rings. The van der Waals surface area contributed by atoms with Gasteiger partial charge in [-0.2, -0.15) is 0 Å². The first-order valence-corrected chi connectivity index (χ1v) is 5.28. The molecule has 0 aliphatic heterocycles. The summed E-state index contributed by atoms with van der Waals surface area (Å²) in [7, 11) is 4.52. The molecule has 0 atom stereocenters. The Hall–Kier alpha value is -1.71. The second-order valence-corrected chi connectivity index (χ2v) is 4.18. The lowest BCUT2D eigenvalue weighted by Gasteiger charge is -2.24. The predicted octanol–water partition coefficient (Wildman–Crippen LogP) is 2.15. The molecule has 0 radical (unpaired) electrons. The normalized spacial score (nSPS) is 10.9. The molecule has 0 amide bonds. The second kappa shape index (κ2) is 5.08. The van der Waals surface area contributed by atoms with Crippen LogP contribution in [0.3, 0.4) is 0 Å². The monoisotopic (exact) mass is 238 g/mol. The standard InChI is InChI=1S/C13H18O4/c1-13(2,12(14)17-5)10-7-6-9(15-3)8-11(10)16-4/h6-8H,1-5H3. The van der Waals surface area contributed by atoms with Crippen LogP contribution in [0.25, 0.3) is 0 Å². The second-order valence-electron chi connectivity index (χ2n) is 4.18. The number of rotatable bonds is 4. The van der Waals surface area contributed by atoms with Crippen molar-refractivity contribution in [2.75, 3.05) is 21.3 Å². The maximum atomic E-state index is 11.7. The number of benzene rings is 1. The molecule has 0 heterocycles. The Morgan fingerprint density at radius 3 is 2.24 bits per heavy atom. The van der Waals surface area contributed by atoms with Crippen molar-refractivity contribution in [3.63, 3.8) is 0 Å². The quantitative estimate of drug-likeness (QED) is 0.754. The molecule has 1 rings (SSSR count). The predicted molar refractivity (Wildman–Crippen MR) is 64.6 cm³/mol. The highest BCUT2D eigenvalue weighted by molar-refractivity contribution is 5.83. The molecule has 0 fully saturated rings. The number of hydrogen-bond donors (Lipinski definition) is 0. The lowest BCUT2D eigenvalue weighted by Crippen LogP contribution is -2.30. The smallest absolute Gasteiger partial charge is 0.315 e. The van der Waals surface area contributed by atoms with E-state index in [1.807, 2.05) is 6.07 Å². The average Bonchev–Trinajstić information content (AvgIpc) is 2.36. The highest BCUT2D eigenvalue weighted by atomic mass is 16.5. The van der Waals surface area contributed by atoms with Gasteiger partial charge >= 0.3 is 5.97 Å². The van der Waals surface area contributed by atoms with E-state index in [0.717, 1.165) is 5.56 Å². The first-order valence-electron chi connectivity index (χ1n) is 5.28. The van der Waals surface area contributed by atoms with Gasteiger partial charge in [-0.3, -0.25) is 4.79 Å². The molecule has 4 nitrogen and oxygen atoms in total. The van der Waals surface area contributed by atoms with E-state index < -0.39 is 5.41 Å². The van der Waals surface area contributed by atoms with Crippen LogP contribution in [0.4, 0.5) is 0 Å². The van der Waals surface area contributed by atoms with Crippen molar-refractivity contribution in [1.82, 2.24) is 0 Å². The van der Waals surface area contributed by atoms with E-state index in [1.165, 1.54) is 7.11 Å². The van der Waals surface area contributed by atoms with Gasteiger partial charge in [0.25, 0.3) is 0 Å². The van der Waals surface area contributed by atoms with Crippen LogP contribution in [0.5, 0.6) is 11.5 Å². The van der Waals surface area contributed by atoms with Crippen molar-refractivity contribution in [3.05, 3.63) is 23.8 Å². The van der Waals surface area contributed by atoms with Crippen molar-refractivity contribution in [1.29, 1.82) is 0 Å². The topological polar surface area (TPSA) is 44.8 Å². The van der Waals surface area contributed by atoms with Gasteiger partial charge in [-0.05, 0) is 19.9 Å². The number of methoxy groups -OCH3 is 3. The van der Waals surface area contributed by atoms with Crippen LogP contribution < -0.4 is 9.47 Å². The number of carbonyl (C=O) groups excluding carboxylic acids is 1.